The number of hydrogen-bond acceptors (Lipinski definition) is 3. The Bertz CT molecular complexity index is 461. The lowest BCUT2D eigenvalue weighted by atomic mass is 10.0. The zero-order chi connectivity index (χ0) is 25.5. The number of ether oxygens (including phenoxy) is 1. The van der Waals surface area contributed by atoms with E-state index in [1.54, 1.807) is 0 Å². The standard InChI is InChI=1S/C29H62O3Si2/c1-31-29(30)27-25-23-21-19-17-15-13-11-9-7-8-10-12-14-16-18-20-22-24-26-28-34(5,6)32-33(2,3)4/h7-28H2,1-6H3. The molecule has 0 saturated carbocycles. The summed E-state index contributed by atoms with van der Waals surface area (Å²) in [6.45, 7) is 11.8. The molecule has 0 bridgehead atoms. The molecule has 0 saturated heterocycles. The zero-order valence-electron chi connectivity index (χ0n) is 24.3. The van der Waals surface area contributed by atoms with Gasteiger partial charge in [-0.3, -0.25) is 4.79 Å². The van der Waals surface area contributed by atoms with Crippen LogP contribution in [0.25, 0.3) is 0 Å². The van der Waals surface area contributed by atoms with Crippen LogP contribution in [0.15, 0.2) is 0 Å². The number of carbonyl (C=O) groups is 1. The molecular weight excluding hydrogens is 452 g/mol. The van der Waals surface area contributed by atoms with E-state index in [1.165, 1.54) is 135 Å². The molecule has 0 amide bonds. The Morgan fingerprint density at radius 1 is 0.500 bits per heavy atom. The third-order valence-electron chi connectivity index (χ3n) is 6.72. The summed E-state index contributed by atoms with van der Waals surface area (Å²) in [6.07, 6.45) is 28.1. The maximum absolute atomic E-state index is 11.0. The van der Waals surface area contributed by atoms with E-state index in [0.29, 0.717) is 6.42 Å². The predicted molar refractivity (Wildman–Crippen MR) is 156 cm³/mol. The van der Waals surface area contributed by atoms with Gasteiger partial charge in [-0.25, -0.2) is 0 Å². The minimum Gasteiger partial charge on any atom is -0.469 e. The van der Waals surface area contributed by atoms with Crippen LogP contribution in [0.1, 0.15) is 135 Å². The van der Waals surface area contributed by atoms with Gasteiger partial charge in [0.25, 0.3) is 0 Å². The minimum atomic E-state index is -1.41. The molecular formula is C29H62O3Si2. The van der Waals surface area contributed by atoms with Crippen LogP contribution in [0.4, 0.5) is 0 Å². The molecule has 0 aliphatic carbocycles. The first-order valence-corrected chi connectivity index (χ1v) is 21.5. The van der Waals surface area contributed by atoms with Gasteiger partial charge in [0.05, 0.1) is 7.11 Å². The summed E-state index contributed by atoms with van der Waals surface area (Å²) >= 11 is 0. The summed E-state index contributed by atoms with van der Waals surface area (Å²) in [7, 11) is -1.30. The van der Waals surface area contributed by atoms with Gasteiger partial charge in [-0.1, -0.05) is 122 Å². The average molecular weight is 515 g/mol. The summed E-state index contributed by atoms with van der Waals surface area (Å²) in [5.74, 6) is -0.0639. The first kappa shape index (κ1) is 33.9. The molecule has 34 heavy (non-hydrogen) atoms. The molecule has 0 atom stereocenters. The summed E-state index contributed by atoms with van der Waals surface area (Å²) < 4.78 is 11.1. The van der Waals surface area contributed by atoms with Crippen LogP contribution in [0.3, 0.4) is 0 Å². The number of rotatable bonds is 25. The third kappa shape index (κ3) is 26.5. The molecule has 5 heteroatoms. The number of esters is 1. The van der Waals surface area contributed by atoms with Gasteiger partial charge in [-0.05, 0) is 45.2 Å². The van der Waals surface area contributed by atoms with Crippen molar-refractivity contribution in [3.05, 3.63) is 0 Å². The molecule has 0 aliphatic heterocycles. The second kappa shape index (κ2) is 22.1. The quantitative estimate of drug-likeness (QED) is 0.0690. The van der Waals surface area contributed by atoms with Crippen molar-refractivity contribution in [2.24, 2.45) is 0 Å². The molecule has 0 N–H and O–H groups in total. The highest BCUT2D eigenvalue weighted by atomic mass is 28.4. The molecule has 0 rings (SSSR count). The number of carbonyl (C=O) groups excluding carboxylic acids is 1. The van der Waals surface area contributed by atoms with Crippen molar-refractivity contribution >= 4 is 22.6 Å². The van der Waals surface area contributed by atoms with Gasteiger partial charge < -0.3 is 8.85 Å². The fourth-order valence-corrected chi connectivity index (χ4v) is 13.1. The second-order valence-electron chi connectivity index (χ2n) is 12.1. The highest BCUT2D eigenvalue weighted by Crippen LogP contribution is 2.22. The highest BCUT2D eigenvalue weighted by molar-refractivity contribution is 6.84. The summed E-state index contributed by atoms with van der Waals surface area (Å²) in [5, 5.41) is 0. The van der Waals surface area contributed by atoms with Crippen molar-refractivity contribution in [2.75, 3.05) is 7.11 Å². The molecule has 0 radical (unpaired) electrons. The molecule has 204 valence electrons. The fourth-order valence-electron chi connectivity index (χ4n) is 4.98. The Balaban J connectivity index is 3.20. The Morgan fingerprint density at radius 2 is 0.794 bits per heavy atom. The number of hydrogen-bond donors (Lipinski definition) is 0. The lowest BCUT2D eigenvalue weighted by Crippen LogP contribution is -2.42. The van der Waals surface area contributed by atoms with Gasteiger partial charge in [-0.2, -0.15) is 0 Å². The maximum atomic E-state index is 11.0. The van der Waals surface area contributed by atoms with Crippen molar-refractivity contribution < 1.29 is 13.6 Å². The van der Waals surface area contributed by atoms with Crippen LogP contribution in [0.2, 0.25) is 38.8 Å². The van der Waals surface area contributed by atoms with E-state index >= 15 is 0 Å². The molecule has 0 aromatic rings. The highest BCUT2D eigenvalue weighted by Gasteiger charge is 2.28. The smallest absolute Gasteiger partial charge is 0.305 e. The lowest BCUT2D eigenvalue weighted by molar-refractivity contribution is -0.140. The first-order valence-electron chi connectivity index (χ1n) is 14.9. The van der Waals surface area contributed by atoms with Crippen molar-refractivity contribution in [1.82, 2.24) is 0 Å². The SMILES string of the molecule is COC(=O)CCCCCCCCCCCCCCCCCCCCCC[Si](C)(C)O[Si](C)(C)C. The molecule has 0 aromatic heterocycles. The average Bonchev–Trinajstić information content (AvgIpc) is 2.75. The largest absolute Gasteiger partial charge is 0.469 e. The van der Waals surface area contributed by atoms with E-state index in [2.05, 4.69) is 37.5 Å². The molecule has 0 aliphatic rings. The second-order valence-corrected chi connectivity index (χ2v) is 21.2. The van der Waals surface area contributed by atoms with Crippen LogP contribution in [-0.2, 0) is 13.6 Å². The van der Waals surface area contributed by atoms with E-state index in [0.717, 1.165) is 6.42 Å². The van der Waals surface area contributed by atoms with E-state index in [-0.39, 0.29) is 5.97 Å². The van der Waals surface area contributed by atoms with Crippen molar-refractivity contribution in [3.63, 3.8) is 0 Å². The number of unbranched alkanes of at least 4 members (excludes halogenated alkanes) is 19. The van der Waals surface area contributed by atoms with Gasteiger partial charge in [-0.15, -0.1) is 0 Å². The zero-order valence-corrected chi connectivity index (χ0v) is 26.3. The van der Waals surface area contributed by atoms with Gasteiger partial charge in [0.1, 0.15) is 0 Å². The van der Waals surface area contributed by atoms with Crippen LogP contribution < -0.4 is 0 Å². The first-order chi connectivity index (χ1) is 16.2. The van der Waals surface area contributed by atoms with Crippen molar-refractivity contribution in [1.29, 1.82) is 0 Å². The van der Waals surface area contributed by atoms with Gasteiger partial charge in [0.15, 0.2) is 16.6 Å². The summed E-state index contributed by atoms with van der Waals surface area (Å²) in [6, 6.07) is 1.34. The lowest BCUT2D eigenvalue weighted by Gasteiger charge is -2.31. The van der Waals surface area contributed by atoms with Crippen molar-refractivity contribution in [3.8, 4) is 0 Å². The normalized spacial score (nSPS) is 12.3. The fraction of sp³-hybridized carbons (Fsp3) is 0.966. The van der Waals surface area contributed by atoms with Crippen LogP contribution in [0.5, 0.6) is 0 Å². The van der Waals surface area contributed by atoms with Gasteiger partial charge >= 0.3 is 5.97 Å². The third-order valence-corrected chi connectivity index (χ3v) is 12.9. The molecule has 0 aromatic carbocycles. The Labute approximate surface area is 216 Å². The number of methoxy groups -OCH3 is 1. The summed E-state index contributed by atoms with van der Waals surface area (Å²) in [4.78, 5) is 11.0. The van der Waals surface area contributed by atoms with Crippen LogP contribution in [0, 0.1) is 0 Å². The van der Waals surface area contributed by atoms with Gasteiger partial charge in [0, 0.05) is 6.42 Å². The summed E-state index contributed by atoms with van der Waals surface area (Å²) in [5.41, 5.74) is 0. The van der Waals surface area contributed by atoms with Crippen molar-refractivity contribution in [2.45, 2.75) is 174 Å². The Morgan fingerprint density at radius 3 is 1.09 bits per heavy atom. The molecule has 0 fully saturated rings. The molecule has 0 heterocycles. The van der Waals surface area contributed by atoms with E-state index < -0.39 is 16.6 Å². The monoisotopic (exact) mass is 514 g/mol. The van der Waals surface area contributed by atoms with E-state index in [4.69, 9.17) is 4.12 Å². The Kier molecular flexibility index (Phi) is 22.0. The van der Waals surface area contributed by atoms with Crippen LogP contribution in [-0.4, -0.2) is 29.7 Å². The van der Waals surface area contributed by atoms with E-state index in [1.807, 2.05) is 0 Å². The minimum absolute atomic E-state index is 0.0639. The predicted octanol–water partition coefficient (Wildman–Crippen LogP) is 10.4. The molecule has 0 spiro atoms. The molecule has 0 unspecified atom stereocenters. The van der Waals surface area contributed by atoms with Crippen LogP contribution >= 0.6 is 0 Å². The maximum Gasteiger partial charge on any atom is 0.305 e. The molecule has 3 nitrogen and oxygen atoms in total. The van der Waals surface area contributed by atoms with Gasteiger partial charge in [0.2, 0.25) is 0 Å². The Hall–Kier alpha value is -0.136. The van der Waals surface area contributed by atoms with E-state index in [9.17, 15) is 4.79 Å². The topological polar surface area (TPSA) is 35.5 Å².